The van der Waals surface area contributed by atoms with Crippen molar-refractivity contribution >= 4 is 22.8 Å². The molecule has 2 amide bonds. The van der Waals surface area contributed by atoms with Crippen molar-refractivity contribution in [2.45, 2.75) is 44.9 Å². The van der Waals surface area contributed by atoms with E-state index in [0.717, 1.165) is 0 Å². The third-order valence-electron chi connectivity index (χ3n) is 6.95. The standard InChI is InChI=1S/C27H26F2N8O3/c1-14(40-26-20(23(31)38)10-18-13-32-36(2)24(18)34-26)7-16-8-19(9-16)33-25(39)21-11-22(37(35-21)27(28)29)17-5-3-15(12-30)4-6-17/h3-6,10-11,13-14,16,19,27H,7-9H2,1-2H3,(H2,31,38)(H,33,39)/t14-,16?,19?/m0/s1. The van der Waals surface area contributed by atoms with Crippen molar-refractivity contribution in [3.05, 3.63) is 59.4 Å². The van der Waals surface area contributed by atoms with Crippen LogP contribution in [0.5, 0.6) is 5.88 Å². The van der Waals surface area contributed by atoms with E-state index in [1.54, 1.807) is 24.0 Å². The van der Waals surface area contributed by atoms with Crippen molar-refractivity contribution in [3.63, 3.8) is 0 Å². The number of benzene rings is 1. The largest absolute Gasteiger partial charge is 0.474 e. The predicted molar refractivity (Wildman–Crippen MR) is 139 cm³/mol. The second-order valence-electron chi connectivity index (χ2n) is 9.88. The first-order valence-electron chi connectivity index (χ1n) is 12.6. The molecule has 1 fully saturated rings. The Bertz CT molecular complexity index is 1620. The molecule has 11 nitrogen and oxygen atoms in total. The number of nitrogens with zero attached hydrogens (tertiary/aromatic N) is 6. The number of nitrogens with one attached hydrogen (secondary N) is 1. The van der Waals surface area contributed by atoms with Gasteiger partial charge in [-0.1, -0.05) is 12.1 Å². The maximum absolute atomic E-state index is 13.6. The number of carbonyl (C=O) groups is 2. The summed E-state index contributed by atoms with van der Waals surface area (Å²) >= 11 is 0. The molecule has 3 aromatic heterocycles. The summed E-state index contributed by atoms with van der Waals surface area (Å²) < 4.78 is 35.3. The first-order valence-corrected chi connectivity index (χ1v) is 12.6. The van der Waals surface area contributed by atoms with E-state index in [0.29, 0.717) is 46.1 Å². The number of hydrogen-bond acceptors (Lipinski definition) is 7. The van der Waals surface area contributed by atoms with Crippen LogP contribution in [0.4, 0.5) is 8.78 Å². The molecule has 0 spiro atoms. The van der Waals surface area contributed by atoms with Crippen LogP contribution in [0.2, 0.25) is 0 Å². The van der Waals surface area contributed by atoms with Crippen molar-refractivity contribution < 1.29 is 23.1 Å². The molecule has 206 valence electrons. The zero-order chi connectivity index (χ0) is 28.6. The molecule has 1 aliphatic rings. The number of nitriles is 1. The van der Waals surface area contributed by atoms with E-state index in [1.807, 2.05) is 13.0 Å². The molecule has 0 unspecified atom stereocenters. The van der Waals surface area contributed by atoms with Crippen LogP contribution in [-0.4, -0.2) is 48.5 Å². The number of rotatable bonds is 9. The minimum absolute atomic E-state index is 0.0790. The van der Waals surface area contributed by atoms with Crippen LogP contribution in [0, 0.1) is 17.2 Å². The normalized spacial score (nSPS) is 17.3. The number of aromatic nitrogens is 5. The molecule has 40 heavy (non-hydrogen) atoms. The molecule has 0 aliphatic heterocycles. The zero-order valence-electron chi connectivity index (χ0n) is 21.7. The Balaban J connectivity index is 1.18. The van der Waals surface area contributed by atoms with Crippen molar-refractivity contribution in [3.8, 4) is 23.2 Å². The van der Waals surface area contributed by atoms with Gasteiger partial charge in [-0.2, -0.15) is 29.2 Å². The van der Waals surface area contributed by atoms with Crippen molar-refractivity contribution in [2.75, 3.05) is 0 Å². The molecule has 13 heteroatoms. The highest BCUT2D eigenvalue weighted by atomic mass is 19.3. The van der Waals surface area contributed by atoms with Crippen LogP contribution < -0.4 is 15.8 Å². The van der Waals surface area contributed by atoms with Crippen molar-refractivity contribution in [2.24, 2.45) is 18.7 Å². The van der Waals surface area contributed by atoms with Crippen LogP contribution in [0.15, 0.2) is 42.6 Å². The fourth-order valence-corrected chi connectivity index (χ4v) is 4.93. The molecule has 3 N–H and O–H groups in total. The number of amides is 2. The second-order valence-corrected chi connectivity index (χ2v) is 9.88. The summed E-state index contributed by atoms with van der Waals surface area (Å²) in [5.41, 5.74) is 7.04. The fourth-order valence-electron chi connectivity index (χ4n) is 4.93. The second kappa shape index (κ2) is 10.7. The lowest BCUT2D eigenvalue weighted by molar-refractivity contribution is 0.0576. The smallest absolute Gasteiger partial charge is 0.333 e. The van der Waals surface area contributed by atoms with Gasteiger partial charge in [0.05, 0.1) is 29.6 Å². The molecule has 0 radical (unpaired) electrons. The van der Waals surface area contributed by atoms with Gasteiger partial charge >= 0.3 is 6.55 Å². The minimum Gasteiger partial charge on any atom is -0.474 e. The summed E-state index contributed by atoms with van der Waals surface area (Å²) in [6.07, 6.45) is 3.31. The van der Waals surface area contributed by atoms with Gasteiger partial charge in [-0.15, -0.1) is 0 Å². The quantitative estimate of drug-likeness (QED) is 0.324. The average Bonchev–Trinajstić information content (AvgIpc) is 3.51. The van der Waals surface area contributed by atoms with Crippen LogP contribution >= 0.6 is 0 Å². The van der Waals surface area contributed by atoms with Gasteiger partial charge in [0.1, 0.15) is 5.56 Å². The lowest BCUT2D eigenvalue weighted by Crippen LogP contribution is -2.45. The number of aryl methyl sites for hydroxylation is 1. The number of alkyl halides is 2. The molecular weight excluding hydrogens is 522 g/mol. The van der Waals surface area contributed by atoms with Crippen molar-refractivity contribution in [1.29, 1.82) is 5.26 Å². The van der Waals surface area contributed by atoms with E-state index < -0.39 is 18.4 Å². The minimum atomic E-state index is -2.94. The highest BCUT2D eigenvalue weighted by Crippen LogP contribution is 2.33. The number of hydrogen-bond donors (Lipinski definition) is 2. The van der Waals surface area contributed by atoms with E-state index in [4.69, 9.17) is 15.7 Å². The third-order valence-corrected chi connectivity index (χ3v) is 6.95. The number of ether oxygens (including phenoxy) is 1. The molecule has 0 saturated heterocycles. The Labute approximate surface area is 227 Å². The van der Waals surface area contributed by atoms with Gasteiger partial charge in [-0.3, -0.25) is 14.3 Å². The van der Waals surface area contributed by atoms with Gasteiger partial charge < -0.3 is 15.8 Å². The summed E-state index contributed by atoms with van der Waals surface area (Å²) in [7, 11) is 1.74. The van der Waals surface area contributed by atoms with Gasteiger partial charge in [-0.25, -0.2) is 4.68 Å². The molecule has 3 heterocycles. The SMILES string of the molecule is C[C@@H](CC1CC(NC(=O)c2cc(-c3ccc(C#N)cc3)n(C(F)F)n2)C1)Oc1nc2c(cnn2C)cc1C(N)=O. The maximum atomic E-state index is 13.6. The molecule has 1 atom stereocenters. The molecule has 1 aliphatic carbocycles. The van der Waals surface area contributed by atoms with Gasteiger partial charge in [0.25, 0.3) is 11.8 Å². The van der Waals surface area contributed by atoms with Gasteiger partial charge in [0, 0.05) is 24.0 Å². The van der Waals surface area contributed by atoms with Crippen molar-refractivity contribution in [1.82, 2.24) is 29.9 Å². The molecule has 5 rings (SSSR count). The monoisotopic (exact) mass is 548 g/mol. The lowest BCUT2D eigenvalue weighted by atomic mass is 9.77. The topological polar surface area (TPSA) is 154 Å². The van der Waals surface area contributed by atoms with Gasteiger partial charge in [0.2, 0.25) is 5.88 Å². The Kier molecular flexibility index (Phi) is 7.17. The van der Waals surface area contributed by atoms with E-state index in [9.17, 15) is 18.4 Å². The van der Waals surface area contributed by atoms with E-state index in [2.05, 4.69) is 20.5 Å². The van der Waals surface area contributed by atoms with Gasteiger partial charge in [-0.05, 0) is 56.4 Å². The number of primary amides is 1. The average molecular weight is 549 g/mol. The Hall–Kier alpha value is -4.86. The Morgan fingerprint density at radius 2 is 1.98 bits per heavy atom. The van der Waals surface area contributed by atoms with E-state index >= 15 is 0 Å². The summed E-state index contributed by atoms with van der Waals surface area (Å²) in [5, 5.41) is 20.4. The zero-order valence-corrected chi connectivity index (χ0v) is 21.7. The van der Waals surface area contributed by atoms with Gasteiger partial charge in [0.15, 0.2) is 11.3 Å². The van der Waals surface area contributed by atoms with Crippen LogP contribution in [0.25, 0.3) is 22.3 Å². The first kappa shape index (κ1) is 26.7. The summed E-state index contributed by atoms with van der Waals surface area (Å²) in [5.74, 6) is -0.802. The van der Waals surface area contributed by atoms with E-state index in [1.165, 1.54) is 30.3 Å². The number of fused-ring (bicyclic) bond motifs is 1. The highest BCUT2D eigenvalue weighted by Gasteiger charge is 2.33. The van der Waals surface area contributed by atoms with Crippen LogP contribution in [-0.2, 0) is 7.05 Å². The third kappa shape index (κ3) is 5.33. The molecule has 4 aromatic rings. The summed E-state index contributed by atoms with van der Waals surface area (Å²) in [6, 6.07) is 10.9. The molecule has 0 bridgehead atoms. The maximum Gasteiger partial charge on any atom is 0.333 e. The summed E-state index contributed by atoms with van der Waals surface area (Å²) in [4.78, 5) is 29.2. The number of halogens is 2. The number of nitrogens with two attached hydrogens (primary N) is 1. The molecule has 1 saturated carbocycles. The highest BCUT2D eigenvalue weighted by molar-refractivity contribution is 5.98. The first-order chi connectivity index (χ1) is 19.1. The lowest BCUT2D eigenvalue weighted by Gasteiger charge is -2.37. The Morgan fingerprint density at radius 3 is 2.62 bits per heavy atom. The predicted octanol–water partition coefficient (Wildman–Crippen LogP) is 3.56. The van der Waals surface area contributed by atoms with E-state index in [-0.39, 0.29) is 40.9 Å². The fraction of sp³-hybridized carbons (Fsp3) is 0.333. The Morgan fingerprint density at radius 1 is 1.25 bits per heavy atom. The summed E-state index contributed by atoms with van der Waals surface area (Å²) in [6.45, 7) is -1.07. The molecular formula is C27H26F2N8O3. The van der Waals surface area contributed by atoms with Crippen LogP contribution in [0.3, 0.4) is 0 Å². The number of pyridine rings is 1. The molecule has 1 aromatic carbocycles. The number of carbonyl (C=O) groups excluding carboxylic acids is 2. The van der Waals surface area contributed by atoms with Crippen LogP contribution in [0.1, 0.15) is 59.1 Å².